The molecule has 0 bridgehead atoms. The smallest absolute Gasteiger partial charge is 0.232 e. The van der Waals surface area contributed by atoms with E-state index < -0.39 is 11.1 Å². The predicted octanol–water partition coefficient (Wildman–Crippen LogP) is 4.24. The number of nitrogens with zero attached hydrogens (tertiary/aromatic N) is 2. The Labute approximate surface area is 222 Å². The molecule has 3 aliphatic rings. The van der Waals surface area contributed by atoms with Crippen LogP contribution in [0.3, 0.4) is 0 Å². The maximum absolute atomic E-state index is 13.4. The number of aliphatic imine (C=N–C) groups is 1. The first-order valence-electron chi connectivity index (χ1n) is 12.1. The molecule has 0 aromatic heterocycles. The van der Waals surface area contributed by atoms with E-state index in [1.54, 1.807) is 19.2 Å². The number of fused-ring (bicyclic) bond motifs is 1. The zero-order valence-corrected chi connectivity index (χ0v) is 22.8. The summed E-state index contributed by atoms with van der Waals surface area (Å²) in [5.74, 6) is 0.166. The number of guanidine groups is 1. The fourth-order valence-electron chi connectivity index (χ4n) is 5.18. The lowest BCUT2D eigenvalue weighted by atomic mass is 9.89. The number of halogens is 2. The molecule has 2 unspecified atom stereocenters. The summed E-state index contributed by atoms with van der Waals surface area (Å²) in [7, 11) is 1.60. The van der Waals surface area contributed by atoms with Crippen molar-refractivity contribution in [3.63, 3.8) is 0 Å². The van der Waals surface area contributed by atoms with E-state index in [2.05, 4.69) is 10.3 Å². The molecule has 0 spiro atoms. The van der Waals surface area contributed by atoms with Crippen molar-refractivity contribution in [2.75, 3.05) is 13.7 Å². The number of nitrogens with one attached hydrogen (secondary N) is 1. The van der Waals surface area contributed by atoms with Gasteiger partial charge in [0.15, 0.2) is 5.96 Å². The topological polar surface area (TPSA) is 106 Å². The molecule has 4 atom stereocenters. The Balaban J connectivity index is 1.55. The molecule has 1 aromatic rings. The number of methoxy groups -OCH3 is 1. The maximum atomic E-state index is 13.4. The van der Waals surface area contributed by atoms with E-state index in [-0.39, 0.29) is 48.1 Å². The van der Waals surface area contributed by atoms with Crippen molar-refractivity contribution in [2.45, 2.75) is 70.2 Å². The first kappa shape index (κ1) is 26.8. The molecule has 196 valence electrons. The summed E-state index contributed by atoms with van der Waals surface area (Å²) >= 11 is 12.7. The van der Waals surface area contributed by atoms with Crippen LogP contribution in [0, 0.1) is 11.8 Å². The number of benzene rings is 1. The van der Waals surface area contributed by atoms with Gasteiger partial charge in [-0.3, -0.25) is 14.5 Å². The lowest BCUT2D eigenvalue weighted by molar-refractivity contribution is -0.131. The molecule has 10 heteroatoms. The number of nitrogens with two attached hydrogens (primary N) is 1. The van der Waals surface area contributed by atoms with E-state index in [1.807, 2.05) is 39.8 Å². The van der Waals surface area contributed by atoms with Gasteiger partial charge in [0.2, 0.25) is 11.8 Å². The highest BCUT2D eigenvalue weighted by Crippen LogP contribution is 2.48. The van der Waals surface area contributed by atoms with Gasteiger partial charge in [-0.25, -0.2) is 4.99 Å². The third-order valence-corrected chi connectivity index (χ3v) is 7.33. The van der Waals surface area contributed by atoms with Crippen molar-refractivity contribution in [1.82, 2.24) is 10.2 Å². The third-order valence-electron chi connectivity index (χ3n) is 6.83. The highest BCUT2D eigenvalue weighted by Gasteiger charge is 2.52. The quantitative estimate of drug-likeness (QED) is 0.506. The molecule has 4 rings (SSSR count). The molecule has 2 aliphatic heterocycles. The second-order valence-corrected chi connectivity index (χ2v) is 11.9. The van der Waals surface area contributed by atoms with Crippen LogP contribution in [0.2, 0.25) is 10.0 Å². The van der Waals surface area contributed by atoms with Crippen LogP contribution in [0.25, 0.3) is 0 Å². The van der Waals surface area contributed by atoms with Gasteiger partial charge in [-0.1, -0.05) is 35.4 Å². The van der Waals surface area contributed by atoms with Gasteiger partial charge in [0.25, 0.3) is 0 Å². The molecule has 2 heterocycles. The highest BCUT2D eigenvalue weighted by atomic mass is 35.5. The van der Waals surface area contributed by atoms with Gasteiger partial charge in [0.1, 0.15) is 11.4 Å². The van der Waals surface area contributed by atoms with Gasteiger partial charge in [-0.05, 0) is 52.2 Å². The minimum atomic E-state index is -0.551. The van der Waals surface area contributed by atoms with Crippen molar-refractivity contribution in [2.24, 2.45) is 22.6 Å². The molecular formula is C26H34Cl2N4O4. The number of carbonyl (C=O) groups excluding carboxylic acids is 2. The Bertz CT molecular complexity index is 1120. The van der Waals surface area contributed by atoms with Crippen LogP contribution >= 0.6 is 23.2 Å². The summed E-state index contributed by atoms with van der Waals surface area (Å²) in [5.41, 5.74) is 5.94. The lowest BCUT2D eigenvalue weighted by Crippen LogP contribution is -2.54. The lowest BCUT2D eigenvalue weighted by Gasteiger charge is -2.38. The molecule has 3 N–H and O–H groups in total. The summed E-state index contributed by atoms with van der Waals surface area (Å²) in [5, 5.41) is 4.08. The maximum Gasteiger partial charge on any atom is 0.232 e. The molecular weight excluding hydrogens is 503 g/mol. The summed E-state index contributed by atoms with van der Waals surface area (Å²) < 4.78 is 11.2. The molecule has 1 aromatic carbocycles. The van der Waals surface area contributed by atoms with E-state index in [9.17, 15) is 9.59 Å². The van der Waals surface area contributed by atoms with Crippen LogP contribution in [-0.4, -0.2) is 53.6 Å². The molecule has 0 radical (unpaired) electrons. The number of hydrogen-bond acceptors (Lipinski definition) is 6. The van der Waals surface area contributed by atoms with E-state index in [1.165, 1.54) is 4.90 Å². The first-order valence-corrected chi connectivity index (χ1v) is 12.9. The SMILES string of the molecule is COC/C=C/[C@@H](C1C[C@H]1C(=O)NC1CC(C)(C)Oc2c(Cl)cc(Cl)cc21)N1C(=O)CC(C)(C)N=C1N. The first-order chi connectivity index (χ1) is 16.8. The van der Waals surface area contributed by atoms with Gasteiger partial charge >= 0.3 is 0 Å². The Kier molecular flexibility index (Phi) is 7.34. The number of rotatable bonds is 7. The van der Waals surface area contributed by atoms with Crippen molar-refractivity contribution < 1.29 is 19.1 Å². The fourth-order valence-corrected chi connectivity index (χ4v) is 5.73. The standard InChI is InChI=1S/C26H34Cl2N4O4/c1-25(2)13-21(33)32(24(29)31-25)20(7-6-8-35-5)15-11-16(15)23(34)30-19-12-26(3,4)36-22-17(19)9-14(27)10-18(22)28/h6-7,9-10,15-16,19-20H,8,11-13H2,1-5H3,(H2,29,31)(H,30,34)/b7-6+/t15?,16-,19?,20+/m1/s1. The third kappa shape index (κ3) is 5.66. The van der Waals surface area contributed by atoms with Crippen LogP contribution in [0.1, 0.15) is 58.6 Å². The molecule has 1 aliphatic carbocycles. The summed E-state index contributed by atoms with van der Waals surface area (Å²) in [4.78, 5) is 32.5. The average molecular weight is 537 g/mol. The minimum Gasteiger partial charge on any atom is -0.486 e. The van der Waals surface area contributed by atoms with Crippen LogP contribution in [0.15, 0.2) is 29.3 Å². The number of ether oxygens (including phenoxy) is 2. The van der Waals surface area contributed by atoms with Gasteiger partial charge in [0, 0.05) is 30.0 Å². The summed E-state index contributed by atoms with van der Waals surface area (Å²) in [6, 6.07) is 2.74. The molecule has 36 heavy (non-hydrogen) atoms. The summed E-state index contributed by atoms with van der Waals surface area (Å²) in [6.07, 6.45) is 5.19. The Morgan fingerprint density at radius 3 is 2.75 bits per heavy atom. The predicted molar refractivity (Wildman–Crippen MR) is 140 cm³/mol. The fraction of sp³-hybridized carbons (Fsp3) is 0.577. The van der Waals surface area contributed by atoms with Gasteiger partial charge in [-0.2, -0.15) is 0 Å². The van der Waals surface area contributed by atoms with Crippen LogP contribution in [-0.2, 0) is 14.3 Å². The number of amides is 2. The van der Waals surface area contributed by atoms with Crippen LogP contribution < -0.4 is 15.8 Å². The van der Waals surface area contributed by atoms with Crippen LogP contribution in [0.4, 0.5) is 0 Å². The van der Waals surface area contributed by atoms with Gasteiger partial charge in [-0.15, -0.1) is 0 Å². The number of carbonyl (C=O) groups is 2. The van der Waals surface area contributed by atoms with E-state index >= 15 is 0 Å². The Morgan fingerprint density at radius 1 is 1.36 bits per heavy atom. The summed E-state index contributed by atoms with van der Waals surface area (Å²) in [6.45, 7) is 8.07. The molecule has 8 nitrogen and oxygen atoms in total. The normalized spacial score (nSPS) is 27.2. The highest BCUT2D eigenvalue weighted by molar-refractivity contribution is 6.35. The molecule has 1 fully saturated rings. The largest absolute Gasteiger partial charge is 0.486 e. The average Bonchev–Trinajstić information content (AvgIpc) is 3.53. The Morgan fingerprint density at radius 2 is 2.08 bits per heavy atom. The minimum absolute atomic E-state index is 0.0878. The van der Waals surface area contributed by atoms with Crippen molar-refractivity contribution in [1.29, 1.82) is 0 Å². The van der Waals surface area contributed by atoms with E-state index in [4.69, 9.17) is 38.4 Å². The Hall–Kier alpha value is -2.29. The van der Waals surface area contributed by atoms with Crippen molar-refractivity contribution in [3.05, 3.63) is 39.9 Å². The molecule has 1 saturated carbocycles. The van der Waals surface area contributed by atoms with E-state index in [0.29, 0.717) is 35.2 Å². The molecule has 0 saturated heterocycles. The number of hydrogen-bond donors (Lipinski definition) is 2. The van der Waals surface area contributed by atoms with E-state index in [0.717, 1.165) is 5.56 Å². The van der Waals surface area contributed by atoms with Gasteiger partial charge in [0.05, 0.1) is 35.7 Å². The van der Waals surface area contributed by atoms with Crippen molar-refractivity contribution >= 4 is 41.0 Å². The zero-order chi connectivity index (χ0) is 26.4. The van der Waals surface area contributed by atoms with Crippen LogP contribution in [0.5, 0.6) is 5.75 Å². The second kappa shape index (κ2) is 9.88. The van der Waals surface area contributed by atoms with Gasteiger partial charge < -0.3 is 20.5 Å². The van der Waals surface area contributed by atoms with Crippen molar-refractivity contribution in [3.8, 4) is 5.75 Å². The monoisotopic (exact) mass is 536 g/mol. The molecule has 2 amide bonds. The zero-order valence-electron chi connectivity index (χ0n) is 21.3. The second-order valence-electron chi connectivity index (χ2n) is 11.0.